The van der Waals surface area contributed by atoms with Gasteiger partial charge in [-0.15, -0.1) is 0 Å². The zero-order valence-electron chi connectivity index (χ0n) is 15.8. The standard InChI is InChI=1S/C19H16F3N3O5/c1-27-12-4-5-15(28-2)13(7-12)16-8-14(25-30-16)18(26)24-11-3-6-17(23-9-11)29-10-19(20,21)22/h3-9H,10H2,1-2H3,(H,24,26). The number of anilines is 1. The zero-order chi connectivity index (χ0) is 21.7. The minimum atomic E-state index is -4.47. The normalized spacial score (nSPS) is 11.1. The average Bonchev–Trinajstić information content (AvgIpc) is 3.22. The first-order valence-electron chi connectivity index (χ1n) is 8.45. The largest absolute Gasteiger partial charge is 0.497 e. The molecule has 3 aromatic rings. The molecule has 2 heterocycles. The lowest BCUT2D eigenvalue weighted by Crippen LogP contribution is -2.19. The summed E-state index contributed by atoms with van der Waals surface area (Å²) in [5.74, 6) is 0.520. The van der Waals surface area contributed by atoms with Gasteiger partial charge in [0.2, 0.25) is 5.88 Å². The molecule has 3 rings (SSSR count). The van der Waals surface area contributed by atoms with Gasteiger partial charge in [0.25, 0.3) is 5.91 Å². The molecule has 0 unspecified atom stereocenters. The summed E-state index contributed by atoms with van der Waals surface area (Å²) in [4.78, 5) is 16.1. The Bertz CT molecular complexity index is 1020. The van der Waals surface area contributed by atoms with Crippen LogP contribution in [0.1, 0.15) is 10.5 Å². The van der Waals surface area contributed by atoms with Crippen LogP contribution in [0.3, 0.4) is 0 Å². The molecule has 0 fully saturated rings. The summed E-state index contributed by atoms with van der Waals surface area (Å²) in [6.07, 6.45) is -3.31. The third-order valence-electron chi connectivity index (χ3n) is 3.79. The molecule has 0 atom stereocenters. The van der Waals surface area contributed by atoms with E-state index < -0.39 is 18.7 Å². The van der Waals surface area contributed by atoms with Gasteiger partial charge in [0.1, 0.15) is 11.5 Å². The van der Waals surface area contributed by atoms with E-state index in [2.05, 4.69) is 20.2 Å². The Hall–Kier alpha value is -3.76. The van der Waals surface area contributed by atoms with Crippen LogP contribution in [0.5, 0.6) is 17.4 Å². The number of hydrogen-bond acceptors (Lipinski definition) is 7. The van der Waals surface area contributed by atoms with Crippen LogP contribution < -0.4 is 19.5 Å². The highest BCUT2D eigenvalue weighted by atomic mass is 19.4. The Morgan fingerprint density at radius 1 is 1.13 bits per heavy atom. The minimum absolute atomic E-state index is 0.0210. The number of benzene rings is 1. The van der Waals surface area contributed by atoms with Gasteiger partial charge in [-0.25, -0.2) is 4.98 Å². The van der Waals surface area contributed by atoms with Crippen molar-refractivity contribution in [2.24, 2.45) is 0 Å². The molecule has 158 valence electrons. The molecule has 0 spiro atoms. The molecular weight excluding hydrogens is 407 g/mol. The lowest BCUT2D eigenvalue weighted by molar-refractivity contribution is -0.154. The predicted octanol–water partition coefficient (Wildman–Crippen LogP) is 3.95. The van der Waals surface area contributed by atoms with E-state index in [0.717, 1.165) is 6.20 Å². The number of hydrogen-bond donors (Lipinski definition) is 1. The van der Waals surface area contributed by atoms with E-state index in [4.69, 9.17) is 14.0 Å². The number of methoxy groups -OCH3 is 2. The number of alkyl halides is 3. The summed E-state index contributed by atoms with van der Waals surface area (Å²) >= 11 is 0. The molecule has 30 heavy (non-hydrogen) atoms. The van der Waals surface area contributed by atoms with Gasteiger partial charge >= 0.3 is 6.18 Å². The fourth-order valence-electron chi connectivity index (χ4n) is 2.41. The molecule has 0 aliphatic heterocycles. The first-order valence-corrected chi connectivity index (χ1v) is 8.45. The molecule has 0 saturated heterocycles. The molecule has 0 bridgehead atoms. The van der Waals surface area contributed by atoms with Crippen molar-refractivity contribution >= 4 is 11.6 Å². The summed E-state index contributed by atoms with van der Waals surface area (Å²) in [5, 5.41) is 6.26. The van der Waals surface area contributed by atoms with Crippen molar-refractivity contribution in [2.75, 3.05) is 26.1 Å². The molecular formula is C19H16F3N3O5. The highest BCUT2D eigenvalue weighted by Crippen LogP contribution is 2.33. The lowest BCUT2D eigenvalue weighted by Gasteiger charge is -2.08. The van der Waals surface area contributed by atoms with Crippen molar-refractivity contribution in [1.82, 2.24) is 10.1 Å². The van der Waals surface area contributed by atoms with Gasteiger partial charge in [-0.1, -0.05) is 5.16 Å². The minimum Gasteiger partial charge on any atom is -0.497 e. The topological polar surface area (TPSA) is 95.7 Å². The number of aromatic nitrogens is 2. The van der Waals surface area contributed by atoms with Crippen LogP contribution in [0.15, 0.2) is 47.1 Å². The number of carbonyl (C=O) groups is 1. The summed E-state index contributed by atoms with van der Waals surface area (Å²) in [7, 11) is 3.00. The number of nitrogens with one attached hydrogen (secondary N) is 1. The van der Waals surface area contributed by atoms with Crippen molar-refractivity contribution < 1.29 is 36.7 Å². The SMILES string of the molecule is COc1ccc(OC)c(-c2cc(C(=O)Nc3ccc(OCC(F)(F)F)nc3)no2)c1. The molecule has 11 heteroatoms. The Morgan fingerprint density at radius 3 is 2.57 bits per heavy atom. The van der Waals surface area contributed by atoms with E-state index in [9.17, 15) is 18.0 Å². The van der Waals surface area contributed by atoms with E-state index in [1.807, 2.05) is 0 Å². The number of pyridine rings is 1. The number of carbonyl (C=O) groups excluding carboxylic acids is 1. The number of rotatable bonds is 7. The van der Waals surface area contributed by atoms with Crippen molar-refractivity contribution in [3.8, 4) is 28.7 Å². The number of amides is 1. The summed E-state index contributed by atoms with van der Waals surface area (Å²) < 4.78 is 56.7. The van der Waals surface area contributed by atoms with Crippen LogP contribution in [0.25, 0.3) is 11.3 Å². The van der Waals surface area contributed by atoms with E-state index in [1.54, 1.807) is 18.2 Å². The third-order valence-corrected chi connectivity index (χ3v) is 3.79. The maximum absolute atomic E-state index is 12.4. The Balaban J connectivity index is 1.70. The molecule has 1 amide bonds. The Labute approximate surface area is 168 Å². The molecule has 1 aromatic carbocycles. The van der Waals surface area contributed by atoms with Gasteiger partial charge in [-0.05, 0) is 24.3 Å². The molecule has 0 aliphatic rings. The maximum Gasteiger partial charge on any atom is 0.422 e. The number of nitrogens with zero attached hydrogens (tertiary/aromatic N) is 2. The van der Waals surface area contributed by atoms with Crippen molar-refractivity contribution in [3.05, 3.63) is 48.3 Å². The first kappa shape index (κ1) is 21.0. The molecule has 0 saturated carbocycles. The lowest BCUT2D eigenvalue weighted by atomic mass is 10.1. The second kappa shape index (κ2) is 8.72. The third kappa shape index (κ3) is 5.19. The summed E-state index contributed by atoms with van der Waals surface area (Å²) in [6.45, 7) is -1.46. The summed E-state index contributed by atoms with van der Waals surface area (Å²) in [6, 6.07) is 9.04. The Morgan fingerprint density at radius 2 is 1.93 bits per heavy atom. The average molecular weight is 423 g/mol. The van der Waals surface area contributed by atoms with E-state index in [-0.39, 0.29) is 23.0 Å². The van der Waals surface area contributed by atoms with Crippen LogP contribution in [0.2, 0.25) is 0 Å². The number of halogens is 3. The smallest absolute Gasteiger partial charge is 0.422 e. The molecule has 8 nitrogen and oxygen atoms in total. The van der Waals surface area contributed by atoms with Gasteiger partial charge in [-0.2, -0.15) is 13.2 Å². The van der Waals surface area contributed by atoms with Gasteiger partial charge in [-0.3, -0.25) is 4.79 Å². The molecule has 0 radical (unpaired) electrons. The fourth-order valence-corrected chi connectivity index (χ4v) is 2.41. The first-order chi connectivity index (χ1) is 14.3. The fraction of sp³-hybridized carbons (Fsp3) is 0.211. The van der Waals surface area contributed by atoms with Crippen LogP contribution in [-0.4, -0.2) is 43.1 Å². The molecule has 0 aliphatic carbocycles. The van der Waals surface area contributed by atoms with Gasteiger partial charge in [0, 0.05) is 12.1 Å². The van der Waals surface area contributed by atoms with Crippen LogP contribution in [-0.2, 0) is 0 Å². The molecule has 1 N–H and O–H groups in total. The van der Waals surface area contributed by atoms with Crippen LogP contribution in [0, 0.1) is 0 Å². The van der Waals surface area contributed by atoms with E-state index >= 15 is 0 Å². The van der Waals surface area contributed by atoms with Crippen LogP contribution >= 0.6 is 0 Å². The predicted molar refractivity (Wildman–Crippen MR) is 98.8 cm³/mol. The Kier molecular flexibility index (Phi) is 6.09. The van der Waals surface area contributed by atoms with E-state index in [1.165, 1.54) is 32.4 Å². The van der Waals surface area contributed by atoms with Crippen molar-refractivity contribution in [2.45, 2.75) is 6.18 Å². The van der Waals surface area contributed by atoms with Gasteiger partial charge in [0.15, 0.2) is 18.1 Å². The maximum atomic E-state index is 12.4. The van der Waals surface area contributed by atoms with E-state index in [0.29, 0.717) is 17.1 Å². The highest BCUT2D eigenvalue weighted by molar-refractivity contribution is 6.03. The monoisotopic (exact) mass is 423 g/mol. The summed E-state index contributed by atoms with van der Waals surface area (Å²) in [5.41, 5.74) is 0.756. The number of ether oxygens (including phenoxy) is 3. The highest BCUT2D eigenvalue weighted by Gasteiger charge is 2.28. The second-order valence-corrected chi connectivity index (χ2v) is 5.89. The van der Waals surface area contributed by atoms with Gasteiger partial charge in [0.05, 0.1) is 31.7 Å². The zero-order valence-corrected chi connectivity index (χ0v) is 15.8. The van der Waals surface area contributed by atoms with Crippen molar-refractivity contribution in [3.63, 3.8) is 0 Å². The quantitative estimate of drug-likeness (QED) is 0.615. The molecule has 2 aromatic heterocycles. The van der Waals surface area contributed by atoms with Gasteiger partial charge < -0.3 is 24.1 Å². The second-order valence-electron chi connectivity index (χ2n) is 5.89. The van der Waals surface area contributed by atoms with Crippen LogP contribution in [0.4, 0.5) is 18.9 Å². The van der Waals surface area contributed by atoms with Crippen molar-refractivity contribution in [1.29, 1.82) is 0 Å².